The molecule has 0 saturated carbocycles. The molecule has 2 nitrogen and oxygen atoms in total. The first kappa shape index (κ1) is 11.8. The number of carboxylic acids is 1. The van der Waals surface area contributed by atoms with E-state index >= 15 is 0 Å². The Morgan fingerprint density at radius 1 is 1.78 bits per heavy atom. The second-order valence-electron chi connectivity index (χ2n) is 1.70. The van der Waals surface area contributed by atoms with Gasteiger partial charge in [0.25, 0.3) is 0 Å². The molecule has 0 amide bonds. The quantitative estimate of drug-likeness (QED) is 0.547. The first-order chi connectivity index (χ1) is 4.00. The van der Waals surface area contributed by atoms with E-state index in [0.29, 0.717) is 0 Å². The number of carboxylic acid groups (broad SMARTS) is 1. The normalized spacial score (nSPS) is 7.56. The van der Waals surface area contributed by atoms with E-state index in [1.807, 2.05) is 0 Å². The fourth-order valence-corrected chi connectivity index (χ4v) is 0. The number of carbonyl (C=O) groups is 1. The average Bonchev–Trinajstić information content (AvgIpc) is 1.65. The van der Waals surface area contributed by atoms with Gasteiger partial charge in [0.2, 0.25) is 0 Å². The van der Waals surface area contributed by atoms with E-state index < -0.39 is 5.97 Å². The molecule has 0 aliphatic carbocycles. The molecule has 1 N–H and O–H groups in total. The Bertz CT molecular complexity index is 86.3. The van der Waals surface area contributed by atoms with Crippen molar-refractivity contribution < 1.29 is 9.90 Å². The van der Waals surface area contributed by atoms with Crippen molar-refractivity contribution in [2.45, 2.75) is 17.8 Å². The Labute approximate surface area is 69.0 Å². The molecule has 0 aromatic heterocycles. The van der Waals surface area contributed by atoms with Gasteiger partial charge in [0.15, 0.2) is 0 Å². The maximum atomic E-state index is 9.25. The van der Waals surface area contributed by atoms with Gasteiger partial charge in [0, 0.05) is 6.08 Å². The number of hydrogen-bond acceptors (Lipinski definition) is 1. The van der Waals surface area contributed by atoms with E-state index in [1.54, 1.807) is 22.5 Å². The molecule has 3 radical (unpaired) electrons. The number of aliphatic carboxylic acids is 1. The summed E-state index contributed by atoms with van der Waals surface area (Å²) in [5.74, 6) is -0.981. The molecule has 0 unspecified atom stereocenters. The van der Waals surface area contributed by atoms with Gasteiger partial charge in [0.05, 0.1) is 0 Å². The van der Waals surface area contributed by atoms with Crippen LogP contribution in [0, 0.1) is 0 Å². The van der Waals surface area contributed by atoms with Crippen molar-refractivity contribution in [2.24, 2.45) is 0 Å². The van der Waals surface area contributed by atoms with Crippen molar-refractivity contribution in [2.75, 3.05) is 0 Å². The molecule has 0 aliphatic heterocycles. The molecule has 0 saturated heterocycles. The van der Waals surface area contributed by atoms with Crippen LogP contribution in [0.15, 0.2) is 12.7 Å². The molecule has 3 heteroatoms. The molecule has 0 fully saturated rings. The first-order valence-electron chi connectivity index (χ1n) is 2.57. The molecule has 9 heavy (non-hydrogen) atoms. The van der Waals surface area contributed by atoms with Crippen LogP contribution in [0.2, 0.25) is 3.93 Å². The van der Waals surface area contributed by atoms with Crippen molar-refractivity contribution in [3.63, 3.8) is 0 Å². The summed E-state index contributed by atoms with van der Waals surface area (Å²) in [6.45, 7) is 7.37. The summed E-state index contributed by atoms with van der Waals surface area (Å²) in [5, 5.41) is 7.60. The van der Waals surface area contributed by atoms with Crippen LogP contribution in [-0.2, 0) is 4.79 Å². The summed E-state index contributed by atoms with van der Waals surface area (Å²) in [5.41, 5.74) is 0. The molecule has 51 valence electrons. The van der Waals surface area contributed by atoms with Gasteiger partial charge in [-0.25, -0.2) is 4.79 Å². The van der Waals surface area contributed by atoms with Gasteiger partial charge in [-0.05, 0) is 0 Å². The van der Waals surface area contributed by atoms with E-state index in [0.717, 1.165) is 10.0 Å². The van der Waals surface area contributed by atoms with Gasteiger partial charge in [-0.2, -0.15) is 0 Å². The molecule has 0 atom stereocenters. The van der Waals surface area contributed by atoms with E-state index in [4.69, 9.17) is 5.11 Å². The Balaban J connectivity index is 0. The zero-order valence-corrected chi connectivity index (χ0v) is 8.57. The molecule has 0 spiro atoms. The van der Waals surface area contributed by atoms with Crippen LogP contribution in [0.5, 0.6) is 0 Å². The van der Waals surface area contributed by atoms with Crippen LogP contribution in [0.25, 0.3) is 0 Å². The van der Waals surface area contributed by atoms with Gasteiger partial charge in [0.1, 0.15) is 0 Å². The Kier molecular flexibility index (Phi) is 10.5. The van der Waals surface area contributed by atoms with Crippen molar-refractivity contribution in [3.05, 3.63) is 12.7 Å². The summed E-state index contributed by atoms with van der Waals surface area (Å²) in [6.07, 6.45) is 0.833. The van der Waals surface area contributed by atoms with Crippen LogP contribution in [0.4, 0.5) is 0 Å². The van der Waals surface area contributed by atoms with Gasteiger partial charge >= 0.3 is 46.3 Å². The van der Waals surface area contributed by atoms with Gasteiger partial charge < -0.3 is 5.11 Å². The summed E-state index contributed by atoms with van der Waals surface area (Å²) in [7, 11) is 0. The SMILES string of the molecule is C=CC(=O)O.C[CH](C)[Sn]. The zero-order valence-electron chi connectivity index (χ0n) is 5.72. The van der Waals surface area contributed by atoms with Crippen LogP contribution in [0.3, 0.4) is 0 Å². The monoisotopic (exact) mass is 235 g/mol. The Morgan fingerprint density at radius 2 is 1.89 bits per heavy atom. The minimum absolute atomic E-state index is 0.833. The summed E-state index contributed by atoms with van der Waals surface area (Å²) in [6, 6.07) is 0. The van der Waals surface area contributed by atoms with Crippen LogP contribution < -0.4 is 0 Å². The van der Waals surface area contributed by atoms with E-state index in [1.165, 1.54) is 0 Å². The fourth-order valence-electron chi connectivity index (χ4n) is 0. The Morgan fingerprint density at radius 3 is 1.89 bits per heavy atom. The third-order valence-electron chi connectivity index (χ3n) is 0.175. The van der Waals surface area contributed by atoms with E-state index in [2.05, 4.69) is 20.4 Å². The summed E-state index contributed by atoms with van der Waals surface area (Å²) < 4.78 is 0.923. The van der Waals surface area contributed by atoms with Crippen LogP contribution >= 0.6 is 0 Å². The minimum atomic E-state index is -0.981. The standard InChI is InChI=1S/C3H4O2.C3H7.Sn/c1-2-3(4)5;1-3-2;/h2H,1H2,(H,4,5);3H,1-2H3;. The molecule has 0 aromatic carbocycles. The number of rotatable bonds is 1. The van der Waals surface area contributed by atoms with E-state index in [9.17, 15) is 4.79 Å². The zero-order chi connectivity index (χ0) is 7.86. The molecule has 0 rings (SSSR count). The van der Waals surface area contributed by atoms with Crippen LogP contribution in [-0.4, -0.2) is 33.6 Å². The second-order valence-corrected chi connectivity index (χ2v) is 4.99. The third kappa shape index (κ3) is 71.7. The van der Waals surface area contributed by atoms with Crippen molar-refractivity contribution >= 4 is 28.5 Å². The predicted molar refractivity (Wildman–Crippen MR) is 38.7 cm³/mol. The van der Waals surface area contributed by atoms with Crippen molar-refractivity contribution in [3.8, 4) is 0 Å². The van der Waals surface area contributed by atoms with E-state index in [-0.39, 0.29) is 0 Å². The molecule has 0 bridgehead atoms. The molecular weight excluding hydrogens is 223 g/mol. The topological polar surface area (TPSA) is 37.3 Å². The molecule has 0 aliphatic rings. The van der Waals surface area contributed by atoms with Crippen molar-refractivity contribution in [1.29, 1.82) is 0 Å². The summed E-state index contributed by atoms with van der Waals surface area (Å²) >= 11 is 1.64. The summed E-state index contributed by atoms with van der Waals surface area (Å²) in [4.78, 5) is 9.25. The third-order valence-corrected chi connectivity index (χ3v) is 0.175. The van der Waals surface area contributed by atoms with Gasteiger partial charge in [-0.1, -0.05) is 6.58 Å². The first-order valence-corrected chi connectivity index (χ1v) is 4.22. The van der Waals surface area contributed by atoms with Crippen LogP contribution in [0.1, 0.15) is 13.8 Å². The molecule has 0 aromatic rings. The fraction of sp³-hybridized carbons (Fsp3) is 0.500. The van der Waals surface area contributed by atoms with Gasteiger partial charge in [-0.3, -0.25) is 0 Å². The van der Waals surface area contributed by atoms with Crippen molar-refractivity contribution in [1.82, 2.24) is 0 Å². The molecular formula is C6H11O2Sn. The van der Waals surface area contributed by atoms with Gasteiger partial charge in [-0.15, -0.1) is 0 Å². The second kappa shape index (κ2) is 8.01. The Hall–Kier alpha value is 0.00870. The number of hydrogen-bond donors (Lipinski definition) is 1. The average molecular weight is 234 g/mol. The molecule has 0 heterocycles. The maximum absolute atomic E-state index is 9.25. The predicted octanol–water partition coefficient (Wildman–Crippen LogP) is 1.24.